The van der Waals surface area contributed by atoms with E-state index in [2.05, 4.69) is 10.6 Å². The average molecular weight is 339 g/mol. The largest absolute Gasteiger partial charge is 0.347 e. The number of hydrogen-bond acceptors (Lipinski definition) is 3. The lowest BCUT2D eigenvalue weighted by Gasteiger charge is -2.14. The molecule has 1 saturated heterocycles. The molecule has 0 unspecified atom stereocenters. The summed E-state index contributed by atoms with van der Waals surface area (Å²) in [6, 6.07) is 13.4. The Labute approximate surface area is 146 Å². The highest BCUT2D eigenvalue weighted by Crippen LogP contribution is 2.22. The minimum absolute atomic E-state index is 0.0112. The number of carbonyl (C=O) groups is 3. The molecule has 0 radical (unpaired) electrons. The molecule has 2 aromatic rings. The van der Waals surface area contributed by atoms with Crippen LogP contribution in [0.25, 0.3) is 10.8 Å². The quantitative estimate of drug-likeness (QED) is 0.871. The number of rotatable bonds is 5. The molecule has 1 atom stereocenters. The molecule has 0 saturated carbocycles. The lowest BCUT2D eigenvalue weighted by Crippen LogP contribution is -2.37. The molecule has 3 amide bonds. The molecule has 25 heavy (non-hydrogen) atoms. The van der Waals surface area contributed by atoms with E-state index in [-0.39, 0.29) is 36.6 Å². The molecule has 0 bridgehead atoms. The van der Waals surface area contributed by atoms with Gasteiger partial charge in [0.15, 0.2) is 0 Å². The van der Waals surface area contributed by atoms with Gasteiger partial charge in [0, 0.05) is 30.6 Å². The highest BCUT2D eigenvalue weighted by molar-refractivity contribution is 6.03. The van der Waals surface area contributed by atoms with Gasteiger partial charge in [0.1, 0.15) is 0 Å². The number of carbonyl (C=O) groups excluding carboxylic acids is 3. The Morgan fingerprint density at radius 2 is 1.92 bits per heavy atom. The molecule has 6 nitrogen and oxygen atoms in total. The van der Waals surface area contributed by atoms with Crippen molar-refractivity contribution < 1.29 is 14.4 Å². The summed E-state index contributed by atoms with van der Waals surface area (Å²) >= 11 is 0. The predicted molar refractivity (Wildman–Crippen MR) is 95.9 cm³/mol. The Hall–Kier alpha value is -2.89. The molecule has 130 valence electrons. The van der Waals surface area contributed by atoms with Gasteiger partial charge in [-0.15, -0.1) is 0 Å². The van der Waals surface area contributed by atoms with Crippen LogP contribution in [0.4, 0.5) is 5.69 Å². The van der Waals surface area contributed by atoms with E-state index in [1.807, 2.05) is 49.4 Å². The molecule has 2 N–H and O–H groups in total. The van der Waals surface area contributed by atoms with Crippen molar-refractivity contribution >= 4 is 34.2 Å². The van der Waals surface area contributed by atoms with Crippen molar-refractivity contribution in [3.05, 3.63) is 42.5 Å². The fourth-order valence-corrected chi connectivity index (χ4v) is 3.09. The summed E-state index contributed by atoms with van der Waals surface area (Å²) in [5.74, 6) is -0.931. The minimum Gasteiger partial charge on any atom is -0.347 e. The number of benzene rings is 2. The third-order valence-corrected chi connectivity index (χ3v) is 4.45. The van der Waals surface area contributed by atoms with Crippen LogP contribution in [0.3, 0.4) is 0 Å². The second-order valence-corrected chi connectivity index (χ2v) is 6.13. The zero-order valence-electron chi connectivity index (χ0n) is 14.1. The zero-order chi connectivity index (χ0) is 17.8. The van der Waals surface area contributed by atoms with Crippen LogP contribution in [-0.4, -0.2) is 42.3 Å². The maximum absolute atomic E-state index is 12.2. The van der Waals surface area contributed by atoms with Gasteiger partial charge in [-0.1, -0.05) is 36.4 Å². The molecule has 0 aliphatic carbocycles. The molecule has 0 aromatic heterocycles. The fourth-order valence-electron chi connectivity index (χ4n) is 3.09. The topological polar surface area (TPSA) is 78.5 Å². The van der Waals surface area contributed by atoms with Crippen LogP contribution < -0.4 is 10.6 Å². The summed E-state index contributed by atoms with van der Waals surface area (Å²) in [5.41, 5.74) is 0.713. The van der Waals surface area contributed by atoms with Crippen LogP contribution >= 0.6 is 0 Å². The van der Waals surface area contributed by atoms with Crippen molar-refractivity contribution in [2.75, 3.05) is 25.0 Å². The summed E-state index contributed by atoms with van der Waals surface area (Å²) in [6.45, 7) is 2.80. The first kappa shape index (κ1) is 17.0. The maximum atomic E-state index is 12.2. The number of nitrogens with zero attached hydrogens (tertiary/aromatic N) is 1. The van der Waals surface area contributed by atoms with E-state index < -0.39 is 0 Å². The van der Waals surface area contributed by atoms with Gasteiger partial charge in [-0.3, -0.25) is 14.4 Å². The molecular formula is C19H21N3O3. The predicted octanol–water partition coefficient (Wildman–Crippen LogP) is 1.76. The van der Waals surface area contributed by atoms with Gasteiger partial charge in [0.2, 0.25) is 17.7 Å². The monoisotopic (exact) mass is 339 g/mol. The third kappa shape index (κ3) is 3.79. The molecule has 3 rings (SSSR count). The van der Waals surface area contributed by atoms with Crippen molar-refractivity contribution in [2.24, 2.45) is 5.92 Å². The fraction of sp³-hybridized carbons (Fsp3) is 0.316. The van der Waals surface area contributed by atoms with E-state index in [1.165, 1.54) is 0 Å². The van der Waals surface area contributed by atoms with E-state index in [1.54, 1.807) is 4.90 Å². The van der Waals surface area contributed by atoms with E-state index in [0.717, 1.165) is 10.8 Å². The number of fused-ring (bicyclic) bond motifs is 1. The standard InChI is InChI=1S/C19H21N3O3/c1-2-22-12-14(10-18(22)24)19(25)20-11-17(23)21-16-9-5-7-13-6-3-4-8-15(13)16/h3-9,14H,2,10-12H2,1H3,(H,20,25)(H,21,23)/t14-/m0/s1. The molecule has 2 aromatic carbocycles. The first-order valence-electron chi connectivity index (χ1n) is 8.41. The van der Waals surface area contributed by atoms with Crippen molar-refractivity contribution in [1.82, 2.24) is 10.2 Å². The first-order valence-corrected chi connectivity index (χ1v) is 8.41. The van der Waals surface area contributed by atoms with Crippen LogP contribution in [-0.2, 0) is 14.4 Å². The Balaban J connectivity index is 1.56. The third-order valence-electron chi connectivity index (χ3n) is 4.45. The lowest BCUT2D eigenvalue weighted by molar-refractivity contribution is -0.129. The van der Waals surface area contributed by atoms with Crippen molar-refractivity contribution in [2.45, 2.75) is 13.3 Å². The van der Waals surface area contributed by atoms with Crippen LogP contribution in [0.1, 0.15) is 13.3 Å². The smallest absolute Gasteiger partial charge is 0.243 e. The van der Waals surface area contributed by atoms with Crippen LogP contribution in [0.5, 0.6) is 0 Å². The Kier molecular flexibility index (Phi) is 4.97. The number of anilines is 1. The van der Waals surface area contributed by atoms with E-state index >= 15 is 0 Å². The number of likely N-dealkylation sites (tertiary alicyclic amines) is 1. The average Bonchev–Trinajstić information content (AvgIpc) is 3.01. The molecular weight excluding hydrogens is 318 g/mol. The lowest BCUT2D eigenvalue weighted by atomic mass is 10.1. The number of hydrogen-bond donors (Lipinski definition) is 2. The van der Waals surface area contributed by atoms with Crippen molar-refractivity contribution in [3.63, 3.8) is 0 Å². The maximum Gasteiger partial charge on any atom is 0.243 e. The molecule has 6 heteroatoms. The first-order chi connectivity index (χ1) is 12.1. The van der Waals surface area contributed by atoms with Crippen LogP contribution in [0.15, 0.2) is 42.5 Å². The summed E-state index contributed by atoms with van der Waals surface area (Å²) in [6.07, 6.45) is 0.213. The number of nitrogens with one attached hydrogen (secondary N) is 2. The van der Waals surface area contributed by atoms with Gasteiger partial charge in [-0.2, -0.15) is 0 Å². The molecule has 1 heterocycles. The van der Waals surface area contributed by atoms with Gasteiger partial charge in [-0.25, -0.2) is 0 Å². The Morgan fingerprint density at radius 1 is 1.16 bits per heavy atom. The minimum atomic E-state index is -0.377. The van der Waals surface area contributed by atoms with Gasteiger partial charge >= 0.3 is 0 Å². The molecule has 0 spiro atoms. The highest BCUT2D eigenvalue weighted by atomic mass is 16.2. The summed E-state index contributed by atoms with van der Waals surface area (Å²) < 4.78 is 0. The summed E-state index contributed by atoms with van der Waals surface area (Å²) in [7, 11) is 0. The van der Waals surface area contributed by atoms with E-state index in [0.29, 0.717) is 18.8 Å². The van der Waals surface area contributed by atoms with Gasteiger partial charge in [0.05, 0.1) is 12.5 Å². The number of amides is 3. The van der Waals surface area contributed by atoms with Gasteiger partial charge in [-0.05, 0) is 18.4 Å². The second-order valence-electron chi connectivity index (χ2n) is 6.13. The Bertz CT molecular complexity index is 813. The second kappa shape index (κ2) is 7.34. The van der Waals surface area contributed by atoms with Gasteiger partial charge in [0.25, 0.3) is 0 Å². The van der Waals surface area contributed by atoms with E-state index in [9.17, 15) is 14.4 Å². The van der Waals surface area contributed by atoms with Crippen LogP contribution in [0, 0.1) is 5.92 Å². The highest BCUT2D eigenvalue weighted by Gasteiger charge is 2.33. The van der Waals surface area contributed by atoms with Crippen molar-refractivity contribution in [3.8, 4) is 0 Å². The molecule has 1 fully saturated rings. The summed E-state index contributed by atoms with van der Waals surface area (Å²) in [4.78, 5) is 37.7. The zero-order valence-corrected chi connectivity index (χ0v) is 14.1. The SMILES string of the molecule is CCN1C[C@@H](C(=O)NCC(=O)Nc2cccc3ccccc23)CC1=O. The normalized spacial score (nSPS) is 16.9. The van der Waals surface area contributed by atoms with Gasteiger partial charge < -0.3 is 15.5 Å². The summed E-state index contributed by atoms with van der Waals surface area (Å²) in [5, 5.41) is 7.44. The molecule has 1 aliphatic rings. The van der Waals surface area contributed by atoms with Crippen LogP contribution in [0.2, 0.25) is 0 Å². The molecule has 1 aliphatic heterocycles. The van der Waals surface area contributed by atoms with Crippen molar-refractivity contribution in [1.29, 1.82) is 0 Å². The Morgan fingerprint density at radius 3 is 2.68 bits per heavy atom. The van der Waals surface area contributed by atoms with E-state index in [4.69, 9.17) is 0 Å².